The molecule has 2 saturated carbocycles. The second-order valence-electron chi connectivity index (χ2n) is 6.11. The Hall–Kier alpha value is -0.340. The van der Waals surface area contributed by atoms with Crippen molar-refractivity contribution >= 4 is 16.8 Å². The lowest BCUT2D eigenvalue weighted by Gasteiger charge is -2.45. The van der Waals surface area contributed by atoms with E-state index in [0.29, 0.717) is 12.3 Å². The topological polar surface area (TPSA) is 37.3 Å². The monoisotopic (exact) mass is 242 g/mol. The van der Waals surface area contributed by atoms with Crippen LogP contribution in [0.3, 0.4) is 0 Å². The van der Waals surface area contributed by atoms with Gasteiger partial charge in [-0.05, 0) is 42.2 Å². The van der Waals surface area contributed by atoms with Crippen molar-refractivity contribution in [2.24, 2.45) is 16.7 Å². The molecule has 2 fully saturated rings. The van der Waals surface area contributed by atoms with Gasteiger partial charge in [-0.3, -0.25) is 4.79 Å². The molecular weight excluding hydrogens is 224 g/mol. The Bertz CT molecular complexity index is 374. The van der Waals surface area contributed by atoms with Crippen LogP contribution < -0.4 is 0 Å². The third-order valence-electron chi connectivity index (χ3n) is 5.63. The van der Waals surface area contributed by atoms with E-state index in [1.807, 2.05) is 0 Å². The first kappa shape index (κ1) is 12.1. The molecular formula is C13H19ClO2. The van der Waals surface area contributed by atoms with Crippen LogP contribution in [0.5, 0.6) is 0 Å². The van der Waals surface area contributed by atoms with Gasteiger partial charge in [0.1, 0.15) is 0 Å². The molecule has 2 nitrogen and oxygen atoms in total. The molecule has 2 rings (SSSR count). The van der Waals surface area contributed by atoms with Gasteiger partial charge in [0.25, 0.3) is 5.24 Å². The van der Waals surface area contributed by atoms with Gasteiger partial charge in [0.05, 0.1) is 5.60 Å². The summed E-state index contributed by atoms with van der Waals surface area (Å²) < 4.78 is 0. The second-order valence-corrected chi connectivity index (χ2v) is 6.45. The summed E-state index contributed by atoms with van der Waals surface area (Å²) >= 11 is 5.49. The standard InChI is InChI=1S/C13H19ClO2/c1-8(10(14)15)13(16)7-9-5-6-12(13,4)11(9,2)3/h9,16H,1,5-7H2,2-4H3/t9-,12-,13+/m1/s1. The Labute approximate surface area is 102 Å². The van der Waals surface area contributed by atoms with E-state index < -0.39 is 10.8 Å². The molecule has 1 N–H and O–H groups in total. The lowest BCUT2D eigenvalue weighted by molar-refractivity contribution is -0.115. The van der Waals surface area contributed by atoms with Gasteiger partial charge in [-0.15, -0.1) is 0 Å². The van der Waals surface area contributed by atoms with Crippen molar-refractivity contribution in [3.8, 4) is 0 Å². The summed E-state index contributed by atoms with van der Waals surface area (Å²) in [6.07, 6.45) is 2.67. The SMILES string of the molecule is C=C(C(=O)Cl)[C@@]1(O)C[C@H]2CC[C@]1(C)C2(C)C. The van der Waals surface area contributed by atoms with Crippen molar-refractivity contribution in [3.05, 3.63) is 12.2 Å². The van der Waals surface area contributed by atoms with Gasteiger partial charge >= 0.3 is 0 Å². The number of hydrogen-bond acceptors (Lipinski definition) is 2. The van der Waals surface area contributed by atoms with Crippen LogP contribution in [-0.2, 0) is 4.79 Å². The molecule has 0 spiro atoms. The minimum absolute atomic E-state index is 0.0387. The van der Waals surface area contributed by atoms with Crippen molar-refractivity contribution in [2.45, 2.75) is 45.6 Å². The molecule has 0 heterocycles. The van der Waals surface area contributed by atoms with E-state index >= 15 is 0 Å². The first-order valence-corrected chi connectivity index (χ1v) is 6.16. The Balaban J connectivity index is 2.48. The minimum Gasteiger partial charge on any atom is -0.384 e. The number of rotatable bonds is 2. The average molecular weight is 243 g/mol. The molecule has 3 heteroatoms. The number of halogens is 1. The van der Waals surface area contributed by atoms with Gasteiger partial charge in [0.15, 0.2) is 0 Å². The molecule has 0 aromatic heterocycles. The molecule has 0 amide bonds. The normalized spacial score (nSPS) is 44.7. The molecule has 0 unspecified atom stereocenters. The largest absolute Gasteiger partial charge is 0.384 e. The van der Waals surface area contributed by atoms with E-state index in [2.05, 4.69) is 27.4 Å². The van der Waals surface area contributed by atoms with Crippen LogP contribution in [-0.4, -0.2) is 16.0 Å². The molecule has 0 saturated heterocycles. The van der Waals surface area contributed by atoms with Crippen LogP contribution in [0.1, 0.15) is 40.0 Å². The number of aliphatic hydroxyl groups is 1. The zero-order valence-corrected chi connectivity index (χ0v) is 10.9. The zero-order valence-electron chi connectivity index (χ0n) is 10.1. The maximum absolute atomic E-state index is 11.3. The smallest absolute Gasteiger partial charge is 0.250 e. The predicted octanol–water partition coefficient (Wildman–Crippen LogP) is 2.89. The number of carbonyl (C=O) groups excluding carboxylic acids is 1. The van der Waals surface area contributed by atoms with E-state index in [0.717, 1.165) is 12.8 Å². The molecule has 2 aliphatic rings. The fraction of sp³-hybridized carbons (Fsp3) is 0.769. The van der Waals surface area contributed by atoms with E-state index in [4.69, 9.17) is 11.6 Å². The molecule has 2 aliphatic carbocycles. The van der Waals surface area contributed by atoms with Gasteiger partial charge in [0, 0.05) is 11.0 Å². The lowest BCUT2D eigenvalue weighted by atomic mass is 9.62. The highest BCUT2D eigenvalue weighted by atomic mass is 35.5. The molecule has 0 aliphatic heterocycles. The molecule has 0 aromatic carbocycles. The van der Waals surface area contributed by atoms with Crippen LogP contribution in [0.25, 0.3) is 0 Å². The van der Waals surface area contributed by atoms with E-state index in [-0.39, 0.29) is 16.4 Å². The Morgan fingerprint density at radius 1 is 1.44 bits per heavy atom. The van der Waals surface area contributed by atoms with Crippen molar-refractivity contribution in [1.29, 1.82) is 0 Å². The van der Waals surface area contributed by atoms with Crippen LogP contribution >= 0.6 is 11.6 Å². The number of hydrogen-bond donors (Lipinski definition) is 1. The number of fused-ring (bicyclic) bond motifs is 2. The van der Waals surface area contributed by atoms with Gasteiger partial charge in [-0.2, -0.15) is 0 Å². The zero-order chi connectivity index (χ0) is 12.4. The van der Waals surface area contributed by atoms with Crippen molar-refractivity contribution < 1.29 is 9.90 Å². The second kappa shape index (κ2) is 3.11. The number of carbonyl (C=O) groups is 1. The highest BCUT2D eigenvalue weighted by Crippen LogP contribution is 2.71. The summed E-state index contributed by atoms with van der Waals surface area (Å²) in [7, 11) is 0. The first-order valence-electron chi connectivity index (χ1n) is 5.78. The molecule has 3 atom stereocenters. The van der Waals surface area contributed by atoms with Crippen LogP contribution in [0.2, 0.25) is 0 Å². The van der Waals surface area contributed by atoms with E-state index in [1.165, 1.54) is 0 Å². The summed E-state index contributed by atoms with van der Waals surface area (Å²) in [5.41, 5.74) is -1.19. The summed E-state index contributed by atoms with van der Waals surface area (Å²) in [4.78, 5) is 11.3. The fourth-order valence-electron chi connectivity index (χ4n) is 3.89. The van der Waals surface area contributed by atoms with Crippen LogP contribution in [0.4, 0.5) is 0 Å². The molecule has 0 radical (unpaired) electrons. The molecule has 2 bridgehead atoms. The lowest BCUT2D eigenvalue weighted by Crippen LogP contribution is -2.49. The molecule has 0 aromatic rings. The quantitative estimate of drug-likeness (QED) is 0.597. The van der Waals surface area contributed by atoms with Gasteiger partial charge < -0.3 is 5.11 Å². The summed E-state index contributed by atoms with van der Waals surface area (Å²) in [6, 6.07) is 0. The van der Waals surface area contributed by atoms with Gasteiger partial charge in [-0.25, -0.2) is 0 Å². The minimum atomic E-state index is -1.11. The van der Waals surface area contributed by atoms with Crippen molar-refractivity contribution in [3.63, 3.8) is 0 Å². The van der Waals surface area contributed by atoms with Crippen LogP contribution in [0, 0.1) is 16.7 Å². The third-order valence-corrected chi connectivity index (χ3v) is 5.85. The van der Waals surface area contributed by atoms with E-state index in [9.17, 15) is 9.90 Å². The van der Waals surface area contributed by atoms with Gasteiger partial charge in [-0.1, -0.05) is 27.4 Å². The maximum Gasteiger partial charge on any atom is 0.250 e. The van der Waals surface area contributed by atoms with Crippen molar-refractivity contribution in [2.75, 3.05) is 0 Å². The van der Waals surface area contributed by atoms with Gasteiger partial charge in [0.2, 0.25) is 0 Å². The highest BCUT2D eigenvalue weighted by molar-refractivity contribution is 6.67. The molecule has 16 heavy (non-hydrogen) atoms. The summed E-state index contributed by atoms with van der Waals surface area (Å²) in [6.45, 7) is 10.1. The summed E-state index contributed by atoms with van der Waals surface area (Å²) in [5.74, 6) is 0.454. The molecule has 90 valence electrons. The van der Waals surface area contributed by atoms with E-state index in [1.54, 1.807) is 0 Å². The maximum atomic E-state index is 11.3. The Morgan fingerprint density at radius 3 is 2.31 bits per heavy atom. The highest BCUT2D eigenvalue weighted by Gasteiger charge is 2.69. The first-order chi connectivity index (χ1) is 7.17. The average Bonchev–Trinajstić information content (AvgIpc) is 2.48. The Morgan fingerprint density at radius 2 is 2.00 bits per heavy atom. The predicted molar refractivity (Wildman–Crippen MR) is 64.2 cm³/mol. The van der Waals surface area contributed by atoms with Crippen molar-refractivity contribution in [1.82, 2.24) is 0 Å². The third kappa shape index (κ3) is 1.10. The fourth-order valence-corrected chi connectivity index (χ4v) is 4.05. The van der Waals surface area contributed by atoms with Crippen LogP contribution in [0.15, 0.2) is 12.2 Å². The Kier molecular flexibility index (Phi) is 2.36. The summed E-state index contributed by atoms with van der Waals surface area (Å²) in [5, 5.41) is 10.2.